The topological polar surface area (TPSA) is 61.4 Å². The third-order valence-corrected chi connectivity index (χ3v) is 4.48. The van der Waals surface area contributed by atoms with E-state index in [9.17, 15) is 9.59 Å². The number of urea groups is 1. The van der Waals surface area contributed by atoms with Gasteiger partial charge in [-0.05, 0) is 36.6 Å². The second-order valence-corrected chi connectivity index (χ2v) is 6.29. The van der Waals surface area contributed by atoms with Crippen molar-refractivity contribution in [2.45, 2.75) is 26.3 Å². The van der Waals surface area contributed by atoms with Crippen LogP contribution < -0.4 is 10.6 Å². The Morgan fingerprint density at radius 1 is 1.20 bits per heavy atom. The van der Waals surface area contributed by atoms with E-state index in [-0.39, 0.29) is 11.9 Å². The minimum Gasteiger partial charge on any atom is -0.353 e. The number of nitrogens with one attached hydrogen (secondary N) is 2. The smallest absolute Gasteiger partial charge is 0.322 e. The predicted molar refractivity (Wildman–Crippen MR) is 99.4 cm³/mol. The fourth-order valence-corrected chi connectivity index (χ4v) is 3.08. The molecule has 25 heavy (non-hydrogen) atoms. The lowest BCUT2D eigenvalue weighted by molar-refractivity contribution is -0.127. The number of hydrogen-bond donors (Lipinski definition) is 2. The summed E-state index contributed by atoms with van der Waals surface area (Å²) in [5.41, 5.74) is 4.08. The normalized spacial score (nSPS) is 17.1. The van der Waals surface area contributed by atoms with Gasteiger partial charge in [0, 0.05) is 18.8 Å². The molecule has 2 aromatic carbocycles. The highest BCUT2D eigenvalue weighted by atomic mass is 16.2. The highest BCUT2D eigenvalue weighted by Crippen LogP contribution is 2.23. The second kappa shape index (κ2) is 7.38. The SMILES string of the molecule is CC[C@H]1C(=O)NCCN1C(=O)Nc1cccc(-c2ccc(C)cc2)c1. The number of rotatable bonds is 3. The highest BCUT2D eigenvalue weighted by Gasteiger charge is 2.31. The molecule has 0 radical (unpaired) electrons. The summed E-state index contributed by atoms with van der Waals surface area (Å²) in [6, 6.07) is 15.4. The van der Waals surface area contributed by atoms with E-state index < -0.39 is 6.04 Å². The van der Waals surface area contributed by atoms with Crippen LogP contribution >= 0.6 is 0 Å². The van der Waals surface area contributed by atoms with Gasteiger partial charge in [-0.25, -0.2) is 4.79 Å². The van der Waals surface area contributed by atoms with Crippen LogP contribution in [0.3, 0.4) is 0 Å². The molecule has 0 spiro atoms. The Balaban J connectivity index is 1.76. The van der Waals surface area contributed by atoms with Gasteiger partial charge in [0.15, 0.2) is 0 Å². The average Bonchev–Trinajstić information content (AvgIpc) is 2.62. The van der Waals surface area contributed by atoms with Gasteiger partial charge in [0.05, 0.1) is 0 Å². The fraction of sp³-hybridized carbons (Fsp3) is 0.300. The molecule has 1 aliphatic rings. The number of aryl methyl sites for hydroxylation is 1. The van der Waals surface area contributed by atoms with Crippen LogP contribution in [-0.2, 0) is 4.79 Å². The van der Waals surface area contributed by atoms with Gasteiger partial charge < -0.3 is 15.5 Å². The molecule has 1 saturated heterocycles. The van der Waals surface area contributed by atoms with E-state index in [1.165, 1.54) is 5.56 Å². The van der Waals surface area contributed by atoms with E-state index >= 15 is 0 Å². The van der Waals surface area contributed by atoms with Crippen molar-refractivity contribution in [2.75, 3.05) is 18.4 Å². The van der Waals surface area contributed by atoms with Crippen LogP contribution in [-0.4, -0.2) is 36.0 Å². The van der Waals surface area contributed by atoms with Crippen molar-refractivity contribution in [2.24, 2.45) is 0 Å². The third kappa shape index (κ3) is 3.82. The average molecular weight is 337 g/mol. The number of anilines is 1. The van der Waals surface area contributed by atoms with Gasteiger partial charge in [0.1, 0.15) is 6.04 Å². The molecule has 3 amide bonds. The summed E-state index contributed by atoms with van der Waals surface area (Å²) in [7, 11) is 0. The van der Waals surface area contributed by atoms with Gasteiger partial charge in [-0.2, -0.15) is 0 Å². The van der Waals surface area contributed by atoms with Crippen LogP contribution in [0.2, 0.25) is 0 Å². The molecule has 5 heteroatoms. The molecule has 5 nitrogen and oxygen atoms in total. The molecule has 2 N–H and O–H groups in total. The summed E-state index contributed by atoms with van der Waals surface area (Å²) < 4.78 is 0. The summed E-state index contributed by atoms with van der Waals surface area (Å²) in [5.74, 6) is -0.0858. The summed E-state index contributed by atoms with van der Waals surface area (Å²) in [6.45, 7) is 4.98. The van der Waals surface area contributed by atoms with Crippen LogP contribution in [0.25, 0.3) is 11.1 Å². The van der Waals surface area contributed by atoms with Gasteiger partial charge >= 0.3 is 6.03 Å². The van der Waals surface area contributed by atoms with Gasteiger partial charge in [0.2, 0.25) is 5.91 Å². The van der Waals surface area contributed by atoms with Crippen molar-refractivity contribution in [1.82, 2.24) is 10.2 Å². The van der Waals surface area contributed by atoms with E-state index in [2.05, 4.69) is 41.8 Å². The van der Waals surface area contributed by atoms with Gasteiger partial charge in [0.25, 0.3) is 0 Å². The second-order valence-electron chi connectivity index (χ2n) is 6.29. The molecule has 0 unspecified atom stereocenters. The molecule has 0 saturated carbocycles. The van der Waals surface area contributed by atoms with Crippen molar-refractivity contribution in [3.63, 3.8) is 0 Å². The number of piperazine rings is 1. The lowest BCUT2D eigenvalue weighted by atomic mass is 10.0. The maximum absolute atomic E-state index is 12.6. The Kier molecular flexibility index (Phi) is 5.03. The molecule has 3 rings (SSSR count). The lowest BCUT2D eigenvalue weighted by Crippen LogP contribution is -2.57. The zero-order chi connectivity index (χ0) is 17.8. The Labute approximate surface area is 148 Å². The molecule has 1 fully saturated rings. The van der Waals surface area contributed by atoms with E-state index in [4.69, 9.17) is 0 Å². The summed E-state index contributed by atoms with van der Waals surface area (Å²) >= 11 is 0. The Morgan fingerprint density at radius 3 is 2.68 bits per heavy atom. The molecule has 0 aliphatic carbocycles. The van der Waals surface area contributed by atoms with Crippen LogP contribution in [0, 0.1) is 6.92 Å². The Morgan fingerprint density at radius 2 is 1.96 bits per heavy atom. The first-order valence-corrected chi connectivity index (χ1v) is 8.61. The van der Waals surface area contributed by atoms with Crippen molar-refractivity contribution in [1.29, 1.82) is 0 Å². The van der Waals surface area contributed by atoms with E-state index in [0.29, 0.717) is 19.5 Å². The van der Waals surface area contributed by atoms with Crippen LogP contribution in [0.5, 0.6) is 0 Å². The Bertz CT molecular complexity index is 771. The molecule has 1 aliphatic heterocycles. The monoisotopic (exact) mass is 337 g/mol. The first kappa shape index (κ1) is 17.0. The molecule has 0 bridgehead atoms. The van der Waals surface area contributed by atoms with Gasteiger partial charge in [-0.3, -0.25) is 4.79 Å². The van der Waals surface area contributed by atoms with Gasteiger partial charge in [-0.1, -0.05) is 48.9 Å². The maximum atomic E-state index is 12.6. The first-order chi connectivity index (χ1) is 12.1. The zero-order valence-electron chi connectivity index (χ0n) is 14.6. The molecule has 1 heterocycles. The number of carbonyl (C=O) groups excluding carboxylic acids is 2. The molecule has 0 aromatic heterocycles. The molecule has 130 valence electrons. The van der Waals surface area contributed by atoms with Crippen LogP contribution in [0.1, 0.15) is 18.9 Å². The maximum Gasteiger partial charge on any atom is 0.322 e. The molecule has 1 atom stereocenters. The largest absolute Gasteiger partial charge is 0.353 e. The van der Waals surface area contributed by atoms with Crippen molar-refractivity contribution < 1.29 is 9.59 Å². The summed E-state index contributed by atoms with van der Waals surface area (Å²) in [5, 5.41) is 5.73. The predicted octanol–water partition coefficient (Wildman–Crippen LogP) is 3.40. The minimum atomic E-state index is -0.408. The van der Waals surface area contributed by atoms with Crippen molar-refractivity contribution >= 4 is 17.6 Å². The summed E-state index contributed by atoms with van der Waals surface area (Å²) in [4.78, 5) is 26.1. The quantitative estimate of drug-likeness (QED) is 0.902. The fourth-order valence-electron chi connectivity index (χ4n) is 3.08. The van der Waals surface area contributed by atoms with Crippen molar-refractivity contribution in [3.05, 3.63) is 54.1 Å². The lowest BCUT2D eigenvalue weighted by Gasteiger charge is -2.34. The number of carbonyl (C=O) groups is 2. The molecule has 2 aromatic rings. The third-order valence-electron chi connectivity index (χ3n) is 4.48. The highest BCUT2D eigenvalue weighted by molar-refractivity contribution is 5.95. The number of benzene rings is 2. The van der Waals surface area contributed by atoms with E-state index in [1.807, 2.05) is 31.2 Å². The first-order valence-electron chi connectivity index (χ1n) is 8.61. The Hall–Kier alpha value is -2.82. The minimum absolute atomic E-state index is 0.0858. The zero-order valence-corrected chi connectivity index (χ0v) is 14.6. The van der Waals surface area contributed by atoms with Gasteiger partial charge in [-0.15, -0.1) is 0 Å². The standard InChI is InChI=1S/C20H23N3O2/c1-3-18-19(24)21-11-12-23(18)20(25)22-17-6-4-5-16(13-17)15-9-7-14(2)8-10-15/h4-10,13,18H,3,11-12H2,1-2H3,(H,21,24)(H,22,25)/t18-/m0/s1. The number of nitrogens with zero attached hydrogens (tertiary/aromatic N) is 1. The van der Waals surface area contributed by atoms with E-state index in [1.54, 1.807) is 4.90 Å². The molecular weight excluding hydrogens is 314 g/mol. The van der Waals surface area contributed by atoms with Crippen molar-refractivity contribution in [3.8, 4) is 11.1 Å². The number of hydrogen-bond acceptors (Lipinski definition) is 2. The molecular formula is C20H23N3O2. The van der Waals surface area contributed by atoms with Crippen LogP contribution in [0.4, 0.5) is 10.5 Å². The summed E-state index contributed by atoms with van der Waals surface area (Å²) in [6.07, 6.45) is 0.600. The number of amides is 3. The van der Waals surface area contributed by atoms with Crippen LogP contribution in [0.15, 0.2) is 48.5 Å². The van der Waals surface area contributed by atoms with E-state index in [0.717, 1.165) is 16.8 Å².